The average Bonchev–Trinajstić information content (AvgIpc) is 3.06. The number of aromatic nitrogens is 4. The Balaban J connectivity index is 1.72. The van der Waals surface area contributed by atoms with E-state index < -0.39 is 0 Å². The summed E-state index contributed by atoms with van der Waals surface area (Å²) in [5.41, 5.74) is 5.59. The molecule has 1 aromatic carbocycles. The summed E-state index contributed by atoms with van der Waals surface area (Å²) < 4.78 is 0. The van der Waals surface area contributed by atoms with Crippen molar-refractivity contribution < 1.29 is 0 Å². The number of anilines is 1. The average molecular weight is 313 g/mol. The molecule has 0 aliphatic carbocycles. The van der Waals surface area contributed by atoms with Crippen LogP contribution in [0.25, 0.3) is 27.7 Å². The molecular weight excluding hydrogens is 298 g/mol. The fourth-order valence-corrected chi connectivity index (χ4v) is 2.63. The van der Waals surface area contributed by atoms with Crippen molar-refractivity contribution in [2.45, 2.75) is 0 Å². The lowest BCUT2D eigenvalue weighted by molar-refractivity contribution is 1.10. The first-order valence-corrected chi connectivity index (χ1v) is 7.56. The summed E-state index contributed by atoms with van der Waals surface area (Å²) in [6, 6.07) is 13.9. The molecule has 3 heterocycles. The van der Waals surface area contributed by atoms with Gasteiger partial charge in [0.15, 0.2) is 0 Å². The Morgan fingerprint density at radius 2 is 1.83 bits per heavy atom. The predicted octanol–water partition coefficient (Wildman–Crippen LogP) is 4.10. The molecule has 24 heavy (non-hydrogen) atoms. The van der Waals surface area contributed by atoms with Crippen molar-refractivity contribution in [2.24, 2.45) is 0 Å². The van der Waals surface area contributed by atoms with Crippen LogP contribution in [0.5, 0.6) is 0 Å². The van der Waals surface area contributed by atoms with Crippen molar-refractivity contribution >= 4 is 22.3 Å². The summed E-state index contributed by atoms with van der Waals surface area (Å²) in [6.45, 7) is 4.12. The van der Waals surface area contributed by atoms with E-state index in [1.165, 1.54) is 0 Å². The molecule has 0 fully saturated rings. The van der Waals surface area contributed by atoms with Crippen LogP contribution in [0.15, 0.2) is 73.8 Å². The lowest BCUT2D eigenvalue weighted by atomic mass is 10.0. The number of fused-ring (bicyclic) bond motifs is 1. The maximum atomic E-state index is 4.41. The van der Waals surface area contributed by atoms with Gasteiger partial charge in [0.2, 0.25) is 0 Å². The topological polar surface area (TPSA) is 66.5 Å². The monoisotopic (exact) mass is 313 g/mol. The van der Waals surface area contributed by atoms with Gasteiger partial charge in [0.05, 0.1) is 11.2 Å². The van der Waals surface area contributed by atoms with Gasteiger partial charge < -0.3 is 5.32 Å². The van der Waals surface area contributed by atoms with E-state index in [1.807, 2.05) is 36.5 Å². The largest absolute Gasteiger partial charge is 0.354 e. The normalized spacial score (nSPS) is 10.7. The van der Waals surface area contributed by atoms with Crippen LogP contribution in [0.3, 0.4) is 0 Å². The highest BCUT2D eigenvalue weighted by molar-refractivity contribution is 5.94. The number of hydrogen-bond donors (Lipinski definition) is 2. The number of pyridine rings is 2. The van der Waals surface area contributed by atoms with Crippen molar-refractivity contribution in [3.05, 3.63) is 79.5 Å². The summed E-state index contributed by atoms with van der Waals surface area (Å²) >= 11 is 0. The number of hydrogen-bond acceptors (Lipinski definition) is 4. The third-order valence-corrected chi connectivity index (χ3v) is 3.82. The summed E-state index contributed by atoms with van der Waals surface area (Å²) in [5.74, 6) is 0. The first kappa shape index (κ1) is 14.1. The van der Waals surface area contributed by atoms with Crippen molar-refractivity contribution in [1.29, 1.82) is 0 Å². The molecule has 0 spiro atoms. The standard InChI is InChI=1S/C19H15N5/c1-13(22-16-6-9-20-10-7-16)19-17-11-14(4-5-18(17)23-24-19)15-3-2-8-21-12-15/h2-12H,1H2,(H,20,22)(H,23,24). The van der Waals surface area contributed by atoms with Crippen LogP contribution in [0, 0.1) is 0 Å². The molecule has 0 unspecified atom stereocenters. The second-order valence-corrected chi connectivity index (χ2v) is 5.41. The molecule has 4 rings (SSSR count). The highest BCUT2D eigenvalue weighted by Crippen LogP contribution is 2.28. The maximum absolute atomic E-state index is 4.41. The number of nitrogens with one attached hydrogen (secondary N) is 2. The van der Waals surface area contributed by atoms with Crippen molar-refractivity contribution in [3.8, 4) is 11.1 Å². The molecule has 0 radical (unpaired) electrons. The number of nitrogens with zero attached hydrogens (tertiary/aromatic N) is 3. The second kappa shape index (κ2) is 5.96. The molecule has 5 nitrogen and oxygen atoms in total. The predicted molar refractivity (Wildman–Crippen MR) is 96.2 cm³/mol. The third-order valence-electron chi connectivity index (χ3n) is 3.82. The van der Waals surface area contributed by atoms with Gasteiger partial charge in [-0.25, -0.2) is 0 Å². The first-order valence-electron chi connectivity index (χ1n) is 7.56. The number of aromatic amines is 1. The minimum absolute atomic E-state index is 0.732. The molecule has 0 saturated carbocycles. The molecule has 0 atom stereocenters. The number of H-pyrrole nitrogens is 1. The Bertz CT molecular complexity index is 990. The van der Waals surface area contributed by atoms with Crippen LogP contribution in [0.2, 0.25) is 0 Å². The Morgan fingerprint density at radius 3 is 2.62 bits per heavy atom. The smallest absolute Gasteiger partial charge is 0.116 e. The van der Waals surface area contributed by atoms with Crippen LogP contribution >= 0.6 is 0 Å². The summed E-state index contributed by atoms with van der Waals surface area (Å²) in [6.07, 6.45) is 7.09. The van der Waals surface area contributed by atoms with E-state index in [9.17, 15) is 0 Å². The SMILES string of the molecule is C=C(Nc1ccncc1)c1n[nH]c2ccc(-c3cccnc3)cc12. The van der Waals surface area contributed by atoms with Crippen molar-refractivity contribution in [3.63, 3.8) is 0 Å². The van der Waals surface area contributed by atoms with Crippen molar-refractivity contribution in [1.82, 2.24) is 20.2 Å². The molecule has 3 aromatic heterocycles. The number of benzene rings is 1. The zero-order valence-corrected chi connectivity index (χ0v) is 12.9. The van der Waals surface area contributed by atoms with E-state index in [0.29, 0.717) is 0 Å². The van der Waals surface area contributed by atoms with E-state index in [-0.39, 0.29) is 0 Å². The van der Waals surface area contributed by atoms with Crippen LogP contribution in [-0.4, -0.2) is 20.2 Å². The van der Waals surface area contributed by atoms with E-state index in [4.69, 9.17) is 0 Å². The van der Waals surface area contributed by atoms with E-state index in [2.05, 4.69) is 44.2 Å². The molecule has 116 valence electrons. The van der Waals surface area contributed by atoms with E-state index in [1.54, 1.807) is 18.6 Å². The molecular formula is C19H15N5. The zero-order valence-electron chi connectivity index (χ0n) is 12.9. The van der Waals surface area contributed by atoms with Gasteiger partial charge in [-0.3, -0.25) is 15.1 Å². The fourth-order valence-electron chi connectivity index (χ4n) is 2.63. The van der Waals surface area contributed by atoms with Crippen molar-refractivity contribution in [2.75, 3.05) is 5.32 Å². The highest BCUT2D eigenvalue weighted by Gasteiger charge is 2.11. The fraction of sp³-hybridized carbons (Fsp3) is 0. The summed E-state index contributed by atoms with van der Waals surface area (Å²) in [4.78, 5) is 8.20. The third kappa shape index (κ3) is 2.63. The zero-order chi connectivity index (χ0) is 16.4. The molecule has 0 aliphatic heterocycles. The van der Waals surface area contributed by atoms with Gasteiger partial charge in [-0.2, -0.15) is 5.10 Å². The lowest BCUT2D eigenvalue weighted by Gasteiger charge is -2.08. The number of rotatable bonds is 4. The Labute approximate surface area is 139 Å². The Hall–Kier alpha value is -3.47. The lowest BCUT2D eigenvalue weighted by Crippen LogP contribution is -1.98. The van der Waals surface area contributed by atoms with Gasteiger partial charge in [0.1, 0.15) is 5.69 Å². The van der Waals surface area contributed by atoms with E-state index >= 15 is 0 Å². The minimum Gasteiger partial charge on any atom is -0.354 e. The van der Waals surface area contributed by atoms with Gasteiger partial charge in [-0.15, -0.1) is 0 Å². The molecule has 0 amide bonds. The van der Waals surface area contributed by atoms with Crippen LogP contribution in [-0.2, 0) is 0 Å². The quantitative estimate of drug-likeness (QED) is 0.595. The first-order chi connectivity index (χ1) is 11.8. The molecule has 2 N–H and O–H groups in total. The molecule has 5 heteroatoms. The summed E-state index contributed by atoms with van der Waals surface area (Å²) in [7, 11) is 0. The Morgan fingerprint density at radius 1 is 0.958 bits per heavy atom. The minimum atomic E-state index is 0.732. The van der Waals surface area contributed by atoms with Crippen LogP contribution in [0.1, 0.15) is 5.69 Å². The molecule has 0 aliphatic rings. The summed E-state index contributed by atoms with van der Waals surface area (Å²) in [5, 5.41) is 11.7. The van der Waals surface area contributed by atoms with Gasteiger partial charge in [0.25, 0.3) is 0 Å². The van der Waals surface area contributed by atoms with Gasteiger partial charge in [-0.05, 0) is 35.9 Å². The van der Waals surface area contributed by atoms with Crippen LogP contribution in [0.4, 0.5) is 5.69 Å². The molecule has 0 saturated heterocycles. The maximum Gasteiger partial charge on any atom is 0.116 e. The second-order valence-electron chi connectivity index (χ2n) is 5.41. The van der Waals surface area contributed by atoms with E-state index in [0.717, 1.165) is 39.1 Å². The molecule has 0 bridgehead atoms. The molecule has 4 aromatic rings. The van der Waals surface area contributed by atoms with Gasteiger partial charge >= 0.3 is 0 Å². The Kier molecular flexibility index (Phi) is 3.51. The van der Waals surface area contributed by atoms with Gasteiger partial charge in [0, 0.05) is 41.4 Å². The highest BCUT2D eigenvalue weighted by atomic mass is 15.1. The van der Waals surface area contributed by atoms with Crippen LogP contribution < -0.4 is 5.32 Å². The van der Waals surface area contributed by atoms with Gasteiger partial charge in [-0.1, -0.05) is 18.7 Å².